The summed E-state index contributed by atoms with van der Waals surface area (Å²) in [6, 6.07) is 11.6. The molecular formula is C27H30F3N3O3S. The number of alkyl halides is 3. The number of carbonyl (C=O) groups is 2. The smallest absolute Gasteiger partial charge is 0.416 e. The first-order chi connectivity index (χ1) is 17.3. The molecule has 0 saturated carbocycles. The summed E-state index contributed by atoms with van der Waals surface area (Å²) in [4.78, 5) is 29.9. The molecule has 0 aliphatic rings. The third kappa shape index (κ3) is 6.94. The van der Waals surface area contributed by atoms with Gasteiger partial charge in [-0.05, 0) is 63.6 Å². The van der Waals surface area contributed by atoms with Crippen molar-refractivity contribution in [3.8, 4) is 11.4 Å². The second kappa shape index (κ2) is 11.4. The van der Waals surface area contributed by atoms with Crippen LogP contribution in [-0.2, 0) is 17.5 Å². The molecule has 0 bridgehead atoms. The van der Waals surface area contributed by atoms with E-state index in [1.807, 2.05) is 28.8 Å². The second-order valence-electron chi connectivity index (χ2n) is 9.20. The van der Waals surface area contributed by atoms with Crippen molar-refractivity contribution in [2.75, 3.05) is 5.32 Å². The lowest BCUT2D eigenvalue weighted by Gasteiger charge is -2.18. The molecule has 1 amide bonds. The summed E-state index contributed by atoms with van der Waals surface area (Å²) in [6.45, 7) is 7.82. The zero-order valence-electron chi connectivity index (χ0n) is 21.1. The van der Waals surface area contributed by atoms with Crippen LogP contribution in [-0.4, -0.2) is 31.3 Å². The molecule has 0 atom stereocenters. The third-order valence-electron chi connectivity index (χ3n) is 5.89. The molecule has 0 unspecified atom stereocenters. The summed E-state index contributed by atoms with van der Waals surface area (Å²) in [6.07, 6.45) is -1.54. The molecule has 0 aliphatic heterocycles. The van der Waals surface area contributed by atoms with Crippen molar-refractivity contribution < 1.29 is 27.9 Å². The zero-order chi connectivity index (χ0) is 27.4. The maximum absolute atomic E-state index is 13.1. The minimum Gasteiger partial charge on any atom is -0.480 e. The topological polar surface area (TPSA) is 84.2 Å². The number of carbonyl (C=O) groups excluding carboxylic acids is 1. The molecule has 10 heteroatoms. The first-order valence-corrected chi connectivity index (χ1v) is 12.7. The lowest BCUT2D eigenvalue weighted by molar-refractivity contribution is -0.139. The summed E-state index contributed by atoms with van der Waals surface area (Å²) in [7, 11) is 0. The van der Waals surface area contributed by atoms with Gasteiger partial charge in [-0.3, -0.25) is 9.59 Å². The van der Waals surface area contributed by atoms with Gasteiger partial charge in [-0.15, -0.1) is 11.8 Å². The lowest BCUT2D eigenvalue weighted by Crippen LogP contribution is -2.26. The first kappa shape index (κ1) is 28.3. The standard InChI is InChI=1S/C27H30F3N3O3S/c1-5-6-7-16-33-17(2)22(24(34)31-20-12-10-19(11-13-20)27(28,29)30)32-23(33)18-8-14-21(15-9-18)37-26(3,4)25(35)36/h8-15H,5-7,16H2,1-4H3,(H,31,34)(H,35,36). The van der Waals surface area contributed by atoms with Gasteiger partial charge >= 0.3 is 12.1 Å². The maximum atomic E-state index is 13.1. The van der Waals surface area contributed by atoms with Crippen molar-refractivity contribution in [2.45, 2.75) is 69.3 Å². The van der Waals surface area contributed by atoms with Gasteiger partial charge in [-0.2, -0.15) is 13.2 Å². The van der Waals surface area contributed by atoms with Crippen molar-refractivity contribution >= 4 is 29.3 Å². The van der Waals surface area contributed by atoms with Crippen molar-refractivity contribution in [1.82, 2.24) is 9.55 Å². The Morgan fingerprint density at radius 1 is 1.03 bits per heavy atom. The van der Waals surface area contributed by atoms with Crippen LogP contribution in [0.1, 0.15) is 61.8 Å². The summed E-state index contributed by atoms with van der Waals surface area (Å²) in [5, 5.41) is 12.0. The first-order valence-electron chi connectivity index (χ1n) is 11.9. The maximum Gasteiger partial charge on any atom is 0.416 e. The monoisotopic (exact) mass is 533 g/mol. The van der Waals surface area contributed by atoms with E-state index >= 15 is 0 Å². The molecule has 2 aromatic carbocycles. The fourth-order valence-electron chi connectivity index (χ4n) is 3.71. The van der Waals surface area contributed by atoms with Gasteiger partial charge in [0.15, 0.2) is 0 Å². The quantitative estimate of drug-likeness (QED) is 0.211. The highest BCUT2D eigenvalue weighted by Gasteiger charge is 2.30. The van der Waals surface area contributed by atoms with E-state index < -0.39 is 28.4 Å². The minimum absolute atomic E-state index is 0.192. The second-order valence-corrected chi connectivity index (χ2v) is 10.9. The number of imidazole rings is 1. The van der Waals surface area contributed by atoms with Crippen LogP contribution in [0.3, 0.4) is 0 Å². The highest BCUT2D eigenvalue weighted by molar-refractivity contribution is 8.01. The fraction of sp³-hybridized carbons (Fsp3) is 0.370. The van der Waals surface area contributed by atoms with E-state index in [4.69, 9.17) is 0 Å². The van der Waals surface area contributed by atoms with Gasteiger partial charge in [0.1, 0.15) is 16.3 Å². The van der Waals surface area contributed by atoms with Gasteiger partial charge in [-0.1, -0.05) is 31.9 Å². The number of halogens is 3. The van der Waals surface area contributed by atoms with Crippen molar-refractivity contribution in [3.63, 3.8) is 0 Å². The molecule has 37 heavy (non-hydrogen) atoms. The van der Waals surface area contributed by atoms with Crippen LogP contribution in [0.25, 0.3) is 11.4 Å². The van der Waals surface area contributed by atoms with E-state index in [1.54, 1.807) is 20.8 Å². The Hall–Kier alpha value is -3.27. The number of thioether (sulfide) groups is 1. The summed E-state index contributed by atoms with van der Waals surface area (Å²) >= 11 is 1.23. The van der Waals surface area contributed by atoms with E-state index in [1.165, 1.54) is 23.9 Å². The van der Waals surface area contributed by atoms with Crippen molar-refractivity contribution in [2.24, 2.45) is 0 Å². The molecule has 6 nitrogen and oxygen atoms in total. The Bertz CT molecular complexity index is 1250. The number of nitrogens with one attached hydrogen (secondary N) is 1. The van der Waals surface area contributed by atoms with Gasteiger partial charge in [0, 0.05) is 28.4 Å². The SMILES string of the molecule is CCCCCn1c(-c2ccc(SC(C)(C)C(=O)O)cc2)nc(C(=O)Nc2ccc(C(F)(F)F)cc2)c1C. The van der Waals surface area contributed by atoms with E-state index in [0.29, 0.717) is 18.1 Å². The number of carboxylic acids is 1. The number of aromatic nitrogens is 2. The number of benzene rings is 2. The minimum atomic E-state index is -4.46. The van der Waals surface area contributed by atoms with Crippen molar-refractivity contribution in [1.29, 1.82) is 0 Å². The Labute approximate surface area is 218 Å². The number of nitrogens with zero attached hydrogens (tertiary/aromatic N) is 2. The number of aliphatic carboxylic acids is 1. The van der Waals surface area contributed by atoms with Crippen LogP contribution >= 0.6 is 11.8 Å². The number of hydrogen-bond donors (Lipinski definition) is 2. The molecule has 3 aromatic rings. The molecule has 198 valence electrons. The van der Waals surface area contributed by atoms with E-state index in [0.717, 1.165) is 41.9 Å². The van der Waals surface area contributed by atoms with Crippen LogP contribution in [0.2, 0.25) is 0 Å². The number of carboxylic acid groups (broad SMARTS) is 1. The van der Waals surface area contributed by atoms with Crippen LogP contribution in [0, 0.1) is 6.92 Å². The van der Waals surface area contributed by atoms with Gasteiger partial charge in [0.25, 0.3) is 5.91 Å². The van der Waals surface area contributed by atoms with E-state index in [9.17, 15) is 27.9 Å². The van der Waals surface area contributed by atoms with Crippen LogP contribution in [0.4, 0.5) is 18.9 Å². The van der Waals surface area contributed by atoms with Gasteiger partial charge in [-0.25, -0.2) is 4.98 Å². The number of unbranched alkanes of at least 4 members (excludes halogenated alkanes) is 2. The molecule has 0 aliphatic carbocycles. The van der Waals surface area contributed by atoms with E-state index in [2.05, 4.69) is 17.2 Å². The highest BCUT2D eigenvalue weighted by Crippen LogP contribution is 2.34. The zero-order valence-corrected chi connectivity index (χ0v) is 22.0. The van der Waals surface area contributed by atoms with E-state index in [-0.39, 0.29) is 11.4 Å². The number of hydrogen-bond acceptors (Lipinski definition) is 4. The molecule has 2 N–H and O–H groups in total. The number of amides is 1. The molecule has 3 rings (SSSR count). The average Bonchev–Trinajstić information content (AvgIpc) is 3.15. The normalized spacial score (nSPS) is 12.0. The predicted octanol–water partition coefficient (Wildman–Crippen LogP) is 7.28. The van der Waals surface area contributed by atoms with Gasteiger partial charge in [0.2, 0.25) is 0 Å². The molecule has 0 spiro atoms. The van der Waals surface area contributed by atoms with Gasteiger partial charge in [0.05, 0.1) is 5.56 Å². The van der Waals surface area contributed by atoms with Crippen LogP contribution in [0.5, 0.6) is 0 Å². The average molecular weight is 534 g/mol. The molecule has 1 aromatic heterocycles. The Morgan fingerprint density at radius 2 is 1.65 bits per heavy atom. The molecule has 1 heterocycles. The Kier molecular flexibility index (Phi) is 8.73. The third-order valence-corrected chi connectivity index (χ3v) is 7.08. The fourth-order valence-corrected chi connectivity index (χ4v) is 4.65. The van der Waals surface area contributed by atoms with Crippen LogP contribution in [0.15, 0.2) is 53.4 Å². The molecular weight excluding hydrogens is 503 g/mol. The largest absolute Gasteiger partial charge is 0.480 e. The van der Waals surface area contributed by atoms with Gasteiger partial charge < -0.3 is 15.0 Å². The van der Waals surface area contributed by atoms with Crippen LogP contribution < -0.4 is 5.32 Å². The predicted molar refractivity (Wildman–Crippen MR) is 139 cm³/mol. The lowest BCUT2D eigenvalue weighted by atomic mass is 10.2. The Morgan fingerprint density at radius 3 is 2.19 bits per heavy atom. The molecule has 0 saturated heterocycles. The summed E-state index contributed by atoms with van der Waals surface area (Å²) in [5.41, 5.74) is 1.06. The van der Waals surface area contributed by atoms with Crippen molar-refractivity contribution in [3.05, 3.63) is 65.5 Å². The Balaban J connectivity index is 1.89. The number of anilines is 1. The highest BCUT2D eigenvalue weighted by atomic mass is 32.2. The number of rotatable bonds is 10. The summed E-state index contributed by atoms with van der Waals surface area (Å²) < 4.78 is 39.5. The summed E-state index contributed by atoms with van der Waals surface area (Å²) in [5.74, 6) is -0.823. The molecule has 0 fully saturated rings. The molecule has 0 radical (unpaired) electrons.